The number of ether oxygens (including phenoxy) is 1. The molecule has 0 fully saturated rings. The van der Waals surface area contributed by atoms with Crippen molar-refractivity contribution < 1.29 is 9.53 Å². The summed E-state index contributed by atoms with van der Waals surface area (Å²) in [6.07, 6.45) is 9.13. The van der Waals surface area contributed by atoms with Crippen LogP contribution < -0.4 is 5.32 Å². The van der Waals surface area contributed by atoms with Crippen LogP contribution in [0.4, 0.5) is 4.79 Å². The Bertz CT molecular complexity index is 248. The van der Waals surface area contributed by atoms with Crippen LogP contribution in [0.2, 0.25) is 0 Å². The molecule has 0 rings (SSSR count). The summed E-state index contributed by atoms with van der Waals surface area (Å²) in [7, 11) is 0. The Kier molecular flexibility index (Phi) is 13.9. The highest BCUT2D eigenvalue weighted by atomic mass is 32.2. The molecular weight excluding hydrogens is 278 g/mol. The third kappa shape index (κ3) is 13.9. The fourth-order valence-electron chi connectivity index (χ4n) is 1.51. The summed E-state index contributed by atoms with van der Waals surface area (Å²) in [6.45, 7) is 4.74. The van der Waals surface area contributed by atoms with Crippen LogP contribution in [0, 0.1) is 0 Å². The quantitative estimate of drug-likeness (QED) is 0.460. The number of alkyl carbamates (subject to hydrolysis) is 1. The standard InChI is InChI=1S/C14H27NO2S2/c1-3-5-7-8-9-10-12-19-14(18)15-13(16)17-11-6-4-2/h3-12H2,1-2H3,(H,15,16,18). The van der Waals surface area contributed by atoms with Crippen LogP contribution in [0.25, 0.3) is 0 Å². The van der Waals surface area contributed by atoms with Crippen molar-refractivity contribution in [3.05, 3.63) is 0 Å². The fraction of sp³-hybridized carbons (Fsp3) is 0.857. The predicted octanol–water partition coefficient (Wildman–Crippen LogP) is 4.89. The van der Waals surface area contributed by atoms with Crippen LogP contribution in [0.5, 0.6) is 0 Å². The molecule has 0 radical (unpaired) electrons. The maximum atomic E-state index is 11.3. The second-order valence-electron chi connectivity index (χ2n) is 4.52. The molecular formula is C14H27NO2S2. The molecule has 0 aliphatic carbocycles. The largest absolute Gasteiger partial charge is 0.449 e. The lowest BCUT2D eigenvalue weighted by Crippen LogP contribution is -2.28. The molecule has 0 aromatic carbocycles. The summed E-state index contributed by atoms with van der Waals surface area (Å²) < 4.78 is 5.50. The van der Waals surface area contributed by atoms with Crippen molar-refractivity contribution in [3.8, 4) is 0 Å². The molecule has 3 nitrogen and oxygen atoms in total. The average Bonchev–Trinajstić information content (AvgIpc) is 2.38. The first-order chi connectivity index (χ1) is 9.20. The first kappa shape index (κ1) is 18.7. The van der Waals surface area contributed by atoms with Crippen molar-refractivity contribution in [1.82, 2.24) is 5.32 Å². The first-order valence-corrected chi connectivity index (χ1v) is 8.70. The summed E-state index contributed by atoms with van der Waals surface area (Å²) in [6, 6.07) is 0. The number of thioether (sulfide) groups is 1. The van der Waals surface area contributed by atoms with Crippen LogP contribution in [-0.2, 0) is 4.74 Å². The molecule has 1 amide bonds. The fourth-order valence-corrected chi connectivity index (χ4v) is 2.53. The van der Waals surface area contributed by atoms with Crippen molar-refractivity contribution >= 4 is 34.4 Å². The SMILES string of the molecule is CCCCCCCCSC(=S)NC(=O)OCCCC. The van der Waals surface area contributed by atoms with Crippen LogP contribution >= 0.6 is 24.0 Å². The summed E-state index contributed by atoms with van der Waals surface area (Å²) >= 11 is 6.61. The van der Waals surface area contributed by atoms with E-state index in [4.69, 9.17) is 17.0 Å². The Balaban J connectivity index is 3.36. The minimum Gasteiger partial charge on any atom is -0.449 e. The van der Waals surface area contributed by atoms with E-state index in [1.54, 1.807) is 0 Å². The van der Waals surface area contributed by atoms with Gasteiger partial charge in [-0.1, -0.05) is 76.4 Å². The van der Waals surface area contributed by atoms with Crippen molar-refractivity contribution in [1.29, 1.82) is 0 Å². The Labute approximate surface area is 127 Å². The number of rotatable bonds is 10. The van der Waals surface area contributed by atoms with E-state index >= 15 is 0 Å². The van der Waals surface area contributed by atoms with Gasteiger partial charge in [0.2, 0.25) is 0 Å². The molecule has 5 heteroatoms. The molecule has 1 N–H and O–H groups in total. The van der Waals surface area contributed by atoms with Gasteiger partial charge in [-0.2, -0.15) is 0 Å². The Hall–Kier alpha value is -0.290. The molecule has 19 heavy (non-hydrogen) atoms. The van der Waals surface area contributed by atoms with Gasteiger partial charge in [-0.15, -0.1) is 0 Å². The first-order valence-electron chi connectivity index (χ1n) is 7.31. The zero-order valence-electron chi connectivity index (χ0n) is 12.2. The third-order valence-electron chi connectivity index (χ3n) is 2.67. The van der Waals surface area contributed by atoms with E-state index in [1.165, 1.54) is 43.9 Å². The number of carbonyl (C=O) groups is 1. The van der Waals surface area contributed by atoms with Crippen molar-refractivity contribution in [2.75, 3.05) is 12.4 Å². The highest BCUT2D eigenvalue weighted by molar-refractivity contribution is 8.23. The van der Waals surface area contributed by atoms with Gasteiger partial charge >= 0.3 is 6.09 Å². The summed E-state index contributed by atoms with van der Waals surface area (Å²) in [4.78, 5) is 11.3. The third-order valence-corrected chi connectivity index (χ3v) is 3.98. The number of amides is 1. The van der Waals surface area contributed by atoms with Gasteiger partial charge in [-0.3, -0.25) is 5.32 Å². The van der Waals surface area contributed by atoms with E-state index in [1.807, 2.05) is 0 Å². The predicted molar refractivity (Wildman–Crippen MR) is 87.8 cm³/mol. The van der Waals surface area contributed by atoms with Crippen molar-refractivity contribution in [2.24, 2.45) is 0 Å². The van der Waals surface area contributed by atoms with Crippen LogP contribution in [0.3, 0.4) is 0 Å². The molecule has 0 atom stereocenters. The zero-order valence-corrected chi connectivity index (χ0v) is 13.8. The highest BCUT2D eigenvalue weighted by Gasteiger charge is 2.05. The lowest BCUT2D eigenvalue weighted by Gasteiger charge is -2.07. The molecule has 0 aliphatic heterocycles. The monoisotopic (exact) mass is 305 g/mol. The minimum absolute atomic E-state index is 0.422. The van der Waals surface area contributed by atoms with Crippen molar-refractivity contribution in [3.63, 3.8) is 0 Å². The second-order valence-corrected chi connectivity index (χ2v) is 6.29. The zero-order chi connectivity index (χ0) is 14.3. The van der Waals surface area contributed by atoms with Gasteiger partial charge in [0, 0.05) is 5.75 Å². The van der Waals surface area contributed by atoms with E-state index in [9.17, 15) is 4.79 Å². The Morgan fingerprint density at radius 1 is 1.05 bits per heavy atom. The molecule has 0 unspecified atom stereocenters. The number of unbranched alkanes of at least 4 members (excludes halogenated alkanes) is 6. The van der Waals surface area contributed by atoms with E-state index in [-0.39, 0.29) is 0 Å². The Morgan fingerprint density at radius 2 is 1.68 bits per heavy atom. The van der Waals surface area contributed by atoms with Gasteiger partial charge in [0.1, 0.15) is 4.32 Å². The van der Waals surface area contributed by atoms with Gasteiger partial charge in [-0.05, 0) is 12.8 Å². The number of carbonyl (C=O) groups excluding carboxylic acids is 1. The van der Waals surface area contributed by atoms with Gasteiger partial charge in [0.25, 0.3) is 0 Å². The van der Waals surface area contributed by atoms with Gasteiger partial charge < -0.3 is 4.74 Å². The minimum atomic E-state index is -0.422. The number of thiocarbonyl (C=S) groups is 1. The maximum Gasteiger partial charge on any atom is 0.412 e. The smallest absolute Gasteiger partial charge is 0.412 e. The summed E-state index contributed by atoms with van der Waals surface area (Å²) in [5.74, 6) is 0.972. The molecule has 0 saturated heterocycles. The highest BCUT2D eigenvalue weighted by Crippen LogP contribution is 2.10. The van der Waals surface area contributed by atoms with E-state index < -0.39 is 6.09 Å². The lowest BCUT2D eigenvalue weighted by atomic mass is 10.1. The van der Waals surface area contributed by atoms with Gasteiger partial charge in [0.05, 0.1) is 6.61 Å². The van der Waals surface area contributed by atoms with Crippen LogP contribution in [0.15, 0.2) is 0 Å². The molecule has 0 spiro atoms. The Morgan fingerprint density at radius 3 is 2.37 bits per heavy atom. The maximum absolute atomic E-state index is 11.3. The molecule has 0 aliphatic rings. The molecule has 112 valence electrons. The van der Waals surface area contributed by atoms with Crippen LogP contribution in [0.1, 0.15) is 65.2 Å². The van der Waals surface area contributed by atoms with Crippen LogP contribution in [-0.4, -0.2) is 22.8 Å². The molecule has 0 aromatic heterocycles. The second kappa shape index (κ2) is 14.1. The molecule has 0 bridgehead atoms. The van der Waals surface area contributed by atoms with E-state index in [2.05, 4.69) is 19.2 Å². The van der Waals surface area contributed by atoms with E-state index in [0.29, 0.717) is 10.9 Å². The average molecular weight is 306 g/mol. The van der Waals surface area contributed by atoms with E-state index in [0.717, 1.165) is 25.0 Å². The van der Waals surface area contributed by atoms with Gasteiger partial charge in [-0.25, -0.2) is 4.79 Å². The summed E-state index contributed by atoms with van der Waals surface area (Å²) in [5, 5.41) is 2.58. The lowest BCUT2D eigenvalue weighted by molar-refractivity contribution is 0.150. The topological polar surface area (TPSA) is 38.3 Å². The molecule has 0 heterocycles. The van der Waals surface area contributed by atoms with Gasteiger partial charge in [0.15, 0.2) is 0 Å². The van der Waals surface area contributed by atoms with Crippen molar-refractivity contribution in [2.45, 2.75) is 65.2 Å². The molecule has 0 aromatic rings. The number of hydrogen-bond donors (Lipinski definition) is 1. The molecule has 0 saturated carbocycles. The number of hydrogen-bond acceptors (Lipinski definition) is 4. The normalized spacial score (nSPS) is 10.2. The summed E-state index contributed by atoms with van der Waals surface area (Å²) in [5.41, 5.74) is 0. The number of nitrogens with one attached hydrogen (secondary N) is 1.